The van der Waals surface area contributed by atoms with Gasteiger partial charge in [-0.05, 0) is 48.5 Å². The van der Waals surface area contributed by atoms with Gasteiger partial charge in [-0.1, -0.05) is 24.3 Å². The van der Waals surface area contributed by atoms with Gasteiger partial charge in [-0.15, -0.1) is 0 Å². The van der Waals surface area contributed by atoms with E-state index in [1.54, 1.807) is 82.8 Å². The average Bonchev–Trinajstić information content (AvgIpc) is 3.88. The lowest BCUT2D eigenvalue weighted by Crippen LogP contribution is -2.50. The van der Waals surface area contributed by atoms with Crippen molar-refractivity contribution in [1.82, 2.24) is 10.0 Å². The Morgan fingerprint density at radius 2 is 0.932 bits per heavy atom. The molecule has 4 amide bonds. The van der Waals surface area contributed by atoms with Crippen molar-refractivity contribution in [3.05, 3.63) is 96.8 Å². The van der Waals surface area contributed by atoms with Crippen molar-refractivity contribution in [1.29, 1.82) is 0 Å². The first-order chi connectivity index (χ1) is 21.5. The minimum Gasteiger partial charge on any atom is -0.495 e. The number of ether oxygens (including phenoxy) is 2. The Balaban J connectivity index is 1.31. The van der Waals surface area contributed by atoms with Gasteiger partial charge in [-0.3, -0.25) is 19.2 Å². The number of furan rings is 2. The third kappa shape index (κ3) is 3.34. The summed E-state index contributed by atoms with van der Waals surface area (Å²) in [5, 5.41) is 3.41. The molecule has 4 aliphatic rings. The molecule has 4 aromatic rings. The monoisotopic (exact) mass is 594 g/mol. The summed E-state index contributed by atoms with van der Waals surface area (Å²) in [6.07, 6.45) is 2.96. The maximum Gasteiger partial charge on any atom is 0.253 e. The van der Waals surface area contributed by atoms with E-state index in [1.807, 2.05) is 0 Å². The highest BCUT2D eigenvalue weighted by Gasteiger charge is 2.74. The van der Waals surface area contributed by atoms with Gasteiger partial charge in [0, 0.05) is 0 Å². The molecule has 4 saturated heterocycles. The smallest absolute Gasteiger partial charge is 0.253 e. The van der Waals surface area contributed by atoms with E-state index in [2.05, 4.69) is 0 Å². The van der Waals surface area contributed by atoms with Crippen LogP contribution in [-0.2, 0) is 19.2 Å². The second-order valence-corrected chi connectivity index (χ2v) is 11.0. The third-order valence-corrected chi connectivity index (χ3v) is 9.05. The average molecular weight is 595 g/mol. The van der Waals surface area contributed by atoms with Crippen LogP contribution < -0.4 is 19.3 Å². The molecule has 0 spiro atoms. The fourth-order valence-electron chi connectivity index (χ4n) is 7.42. The molecule has 0 N–H and O–H groups in total. The molecule has 6 heterocycles. The Kier molecular flexibility index (Phi) is 5.80. The minimum absolute atomic E-state index is 0.313. The number of imide groups is 2. The SMILES string of the molecule is COc1ccccc1N1C(=O)[C@@H]2[C@H](C1=O)N1[C@H](c3ccco3)[C@@H]3C(=O)N(c4ccccc4OC)C(=O)[C@@H]3N1[C@H]2c1ccco1. The van der Waals surface area contributed by atoms with E-state index in [-0.39, 0.29) is 0 Å². The lowest BCUT2D eigenvalue weighted by Gasteiger charge is -2.34. The van der Waals surface area contributed by atoms with Crippen molar-refractivity contribution in [2.75, 3.05) is 24.0 Å². The van der Waals surface area contributed by atoms with Gasteiger partial charge in [0.2, 0.25) is 11.8 Å². The molecule has 12 heteroatoms. The number of hydrazine groups is 1. The largest absolute Gasteiger partial charge is 0.495 e. The number of carbonyl (C=O) groups excluding carboxylic acids is 4. The highest BCUT2D eigenvalue weighted by molar-refractivity contribution is 6.26. The summed E-state index contributed by atoms with van der Waals surface area (Å²) >= 11 is 0. The molecule has 0 aliphatic carbocycles. The van der Waals surface area contributed by atoms with Crippen LogP contribution in [0.3, 0.4) is 0 Å². The van der Waals surface area contributed by atoms with Crippen molar-refractivity contribution in [2.24, 2.45) is 11.8 Å². The minimum atomic E-state index is -1.05. The Morgan fingerprint density at radius 3 is 1.30 bits per heavy atom. The molecule has 8 rings (SSSR count). The molecule has 0 saturated carbocycles. The van der Waals surface area contributed by atoms with Crippen LogP contribution in [0.5, 0.6) is 11.5 Å². The highest BCUT2D eigenvalue weighted by Crippen LogP contribution is 2.60. The van der Waals surface area contributed by atoms with Gasteiger partial charge >= 0.3 is 0 Å². The molecule has 44 heavy (non-hydrogen) atoms. The number of anilines is 2. The highest BCUT2D eigenvalue weighted by atomic mass is 16.5. The number of carbonyl (C=O) groups is 4. The number of nitrogens with zero attached hydrogens (tertiary/aromatic N) is 4. The van der Waals surface area contributed by atoms with Crippen molar-refractivity contribution in [3.8, 4) is 11.5 Å². The van der Waals surface area contributed by atoms with Crippen LogP contribution in [-0.4, -0.2) is 59.9 Å². The lowest BCUT2D eigenvalue weighted by molar-refractivity contribution is -0.136. The summed E-state index contributed by atoms with van der Waals surface area (Å²) in [6.45, 7) is 0. The summed E-state index contributed by atoms with van der Waals surface area (Å²) < 4.78 is 22.7. The van der Waals surface area contributed by atoms with E-state index in [0.29, 0.717) is 34.4 Å². The van der Waals surface area contributed by atoms with E-state index < -0.39 is 59.6 Å². The maximum absolute atomic E-state index is 14.4. The van der Waals surface area contributed by atoms with Crippen LogP contribution in [0.1, 0.15) is 23.6 Å². The quantitative estimate of drug-likeness (QED) is 0.307. The normalized spacial score (nSPS) is 28.1. The van der Waals surface area contributed by atoms with Crippen LogP contribution in [0, 0.1) is 11.8 Å². The molecule has 0 bridgehead atoms. The van der Waals surface area contributed by atoms with E-state index in [9.17, 15) is 19.2 Å². The number of fused-ring (bicyclic) bond motifs is 5. The zero-order valence-corrected chi connectivity index (χ0v) is 23.6. The van der Waals surface area contributed by atoms with Crippen LogP contribution in [0.2, 0.25) is 0 Å². The topological polar surface area (TPSA) is 126 Å². The van der Waals surface area contributed by atoms with Crippen molar-refractivity contribution in [2.45, 2.75) is 24.2 Å². The molecular formula is C32H26N4O8. The van der Waals surface area contributed by atoms with Gasteiger partial charge in [0.1, 0.15) is 35.1 Å². The van der Waals surface area contributed by atoms with Gasteiger partial charge in [0.05, 0.1) is 62.0 Å². The van der Waals surface area contributed by atoms with Crippen LogP contribution in [0.4, 0.5) is 11.4 Å². The Hall–Kier alpha value is -5.20. The van der Waals surface area contributed by atoms with Crippen molar-refractivity contribution < 1.29 is 37.5 Å². The molecular weight excluding hydrogens is 568 g/mol. The lowest BCUT2D eigenvalue weighted by atomic mass is 9.87. The fourth-order valence-corrected chi connectivity index (χ4v) is 7.42. The number of benzene rings is 2. The van der Waals surface area contributed by atoms with Gasteiger partial charge in [0.25, 0.3) is 11.8 Å². The molecule has 2 aromatic carbocycles. The first kappa shape index (κ1) is 26.4. The van der Waals surface area contributed by atoms with Crippen molar-refractivity contribution in [3.63, 3.8) is 0 Å². The predicted molar refractivity (Wildman–Crippen MR) is 152 cm³/mol. The van der Waals surface area contributed by atoms with Crippen molar-refractivity contribution >= 4 is 35.0 Å². The van der Waals surface area contributed by atoms with Gasteiger partial charge in [-0.25, -0.2) is 19.8 Å². The van der Waals surface area contributed by atoms with E-state index in [4.69, 9.17) is 18.3 Å². The zero-order chi connectivity index (χ0) is 30.3. The second kappa shape index (κ2) is 9.66. The Bertz CT molecular complexity index is 1670. The number of amides is 4. The zero-order valence-electron chi connectivity index (χ0n) is 23.6. The molecule has 6 atom stereocenters. The van der Waals surface area contributed by atoms with E-state index in [1.165, 1.54) is 26.7 Å². The molecule has 0 radical (unpaired) electrons. The summed E-state index contributed by atoms with van der Waals surface area (Å²) in [4.78, 5) is 59.8. The number of rotatable bonds is 6. The number of hydrogen-bond donors (Lipinski definition) is 0. The Labute approximate surface area is 250 Å². The Morgan fingerprint density at radius 1 is 0.523 bits per heavy atom. The summed E-state index contributed by atoms with van der Waals surface area (Å²) in [7, 11) is 2.94. The maximum atomic E-state index is 14.4. The summed E-state index contributed by atoms with van der Waals surface area (Å²) in [5.41, 5.74) is 0.625. The third-order valence-electron chi connectivity index (χ3n) is 9.05. The molecule has 4 aliphatic heterocycles. The fraction of sp³-hybridized carbons (Fsp3) is 0.250. The van der Waals surface area contributed by atoms with E-state index in [0.717, 1.165) is 9.80 Å². The van der Waals surface area contributed by atoms with Gasteiger partial charge in [0.15, 0.2) is 0 Å². The number of hydrogen-bond acceptors (Lipinski definition) is 10. The first-order valence-corrected chi connectivity index (χ1v) is 14.1. The van der Waals surface area contributed by atoms with Crippen LogP contribution in [0.25, 0.3) is 0 Å². The first-order valence-electron chi connectivity index (χ1n) is 14.1. The molecule has 12 nitrogen and oxygen atoms in total. The molecule has 222 valence electrons. The summed E-state index contributed by atoms with van der Waals surface area (Å²) in [6, 6.07) is 16.6. The summed E-state index contributed by atoms with van der Waals surface area (Å²) in [5.74, 6) is -2.34. The number of methoxy groups -OCH3 is 2. The molecule has 2 aromatic heterocycles. The second-order valence-electron chi connectivity index (χ2n) is 11.0. The van der Waals surface area contributed by atoms with Crippen LogP contribution in [0.15, 0.2) is 94.2 Å². The van der Waals surface area contributed by atoms with Gasteiger partial charge in [-0.2, -0.15) is 0 Å². The van der Waals surface area contributed by atoms with Gasteiger partial charge < -0.3 is 18.3 Å². The van der Waals surface area contributed by atoms with Crippen LogP contribution >= 0.6 is 0 Å². The van der Waals surface area contributed by atoms with E-state index >= 15 is 0 Å². The molecule has 0 unspecified atom stereocenters. The number of para-hydroxylation sites is 4. The predicted octanol–water partition coefficient (Wildman–Crippen LogP) is 3.33. The molecule has 4 fully saturated rings. The standard InChI is InChI=1S/C32H26N4O8/c1-41-19-11-5-3-9-17(19)33-29(37)23-25(21-13-7-15-43-21)36-28-24(26(22-14-8-16-44-22)35(36)27(23)31(33)39)30(38)34(32(28)40)18-10-4-6-12-20(18)42-2/h3-16,23-28H,1-2H3/t23-,24-,25-,26+,27+,28+/m0/s1.